The zero-order valence-electron chi connectivity index (χ0n) is 11.9. The average Bonchev–Trinajstić information content (AvgIpc) is 2.38. The van der Waals surface area contributed by atoms with Crippen molar-refractivity contribution in [3.05, 3.63) is 34.1 Å². The number of hydrogen-bond acceptors (Lipinski definition) is 3. The molecule has 110 valence electrons. The first-order chi connectivity index (χ1) is 9.47. The van der Waals surface area contributed by atoms with Gasteiger partial charge in [-0.05, 0) is 30.7 Å². The Morgan fingerprint density at radius 2 is 2.15 bits per heavy atom. The third kappa shape index (κ3) is 3.46. The molecule has 1 fully saturated rings. The summed E-state index contributed by atoms with van der Waals surface area (Å²) in [5.74, 6) is 0.577. The van der Waals surface area contributed by atoms with E-state index in [-0.39, 0.29) is 0 Å². The third-order valence-electron chi connectivity index (χ3n) is 4.17. The van der Waals surface area contributed by atoms with E-state index in [1.54, 1.807) is 6.07 Å². The van der Waals surface area contributed by atoms with Crippen LogP contribution in [0.25, 0.3) is 0 Å². The van der Waals surface area contributed by atoms with Crippen LogP contribution >= 0.6 is 0 Å². The predicted molar refractivity (Wildman–Crippen MR) is 77.3 cm³/mol. The summed E-state index contributed by atoms with van der Waals surface area (Å²) in [5, 5.41) is 13.9. The van der Waals surface area contributed by atoms with Gasteiger partial charge in [-0.2, -0.15) is 4.39 Å². The zero-order chi connectivity index (χ0) is 14.7. The summed E-state index contributed by atoms with van der Waals surface area (Å²) in [7, 11) is 0. The van der Waals surface area contributed by atoms with Crippen molar-refractivity contribution in [1.29, 1.82) is 0 Å². The van der Waals surface area contributed by atoms with Gasteiger partial charge >= 0.3 is 5.69 Å². The highest BCUT2D eigenvalue weighted by Gasteiger charge is 2.24. The maximum Gasteiger partial charge on any atom is 0.304 e. The maximum atomic E-state index is 13.6. The molecule has 2 rings (SSSR count). The van der Waals surface area contributed by atoms with E-state index < -0.39 is 16.4 Å². The van der Waals surface area contributed by atoms with Crippen LogP contribution in [0.3, 0.4) is 0 Å². The Morgan fingerprint density at radius 1 is 1.40 bits per heavy atom. The van der Waals surface area contributed by atoms with E-state index in [1.807, 2.05) is 0 Å². The number of rotatable bonds is 4. The molecule has 0 radical (unpaired) electrons. The van der Waals surface area contributed by atoms with E-state index in [2.05, 4.69) is 19.2 Å². The van der Waals surface area contributed by atoms with Gasteiger partial charge in [-0.25, -0.2) is 0 Å². The summed E-state index contributed by atoms with van der Waals surface area (Å²) in [4.78, 5) is 9.89. The van der Waals surface area contributed by atoms with E-state index >= 15 is 0 Å². The van der Waals surface area contributed by atoms with Gasteiger partial charge in [-0.3, -0.25) is 10.1 Å². The second kappa shape index (κ2) is 6.20. The first-order valence-corrected chi connectivity index (χ1v) is 7.18. The number of nitrogens with zero attached hydrogens (tertiary/aromatic N) is 1. The first kappa shape index (κ1) is 14.8. The van der Waals surface area contributed by atoms with Gasteiger partial charge in [0, 0.05) is 23.9 Å². The first-order valence-electron chi connectivity index (χ1n) is 7.18. The minimum Gasteiger partial charge on any atom is -0.382 e. The predicted octanol–water partition coefficient (Wildman–Crippen LogP) is 4.36. The highest BCUT2D eigenvalue weighted by atomic mass is 19.1. The van der Waals surface area contributed by atoms with Crippen molar-refractivity contribution in [2.24, 2.45) is 11.8 Å². The standard InChI is InChI=1S/C15H21FN2O2/c1-10(2)11-4-3-5-12(8-11)17-13-6-7-15(18(19)20)14(16)9-13/h6-7,9-12,17H,3-5,8H2,1-2H3. The second-order valence-corrected chi connectivity index (χ2v) is 5.94. The molecule has 4 nitrogen and oxygen atoms in total. The van der Waals surface area contributed by atoms with E-state index in [1.165, 1.54) is 25.0 Å². The van der Waals surface area contributed by atoms with Gasteiger partial charge in [0.05, 0.1) is 4.92 Å². The molecule has 0 saturated heterocycles. The lowest BCUT2D eigenvalue weighted by molar-refractivity contribution is -0.387. The summed E-state index contributed by atoms with van der Waals surface area (Å²) in [5.41, 5.74) is 0.154. The van der Waals surface area contributed by atoms with Crippen LogP contribution in [0, 0.1) is 27.8 Å². The number of nitro groups is 1. The Morgan fingerprint density at radius 3 is 2.75 bits per heavy atom. The fraction of sp³-hybridized carbons (Fsp3) is 0.600. The summed E-state index contributed by atoms with van der Waals surface area (Å²) in [6.07, 6.45) is 4.58. The number of halogens is 1. The summed E-state index contributed by atoms with van der Waals surface area (Å²) < 4.78 is 13.6. The van der Waals surface area contributed by atoms with Gasteiger partial charge in [0.25, 0.3) is 0 Å². The van der Waals surface area contributed by atoms with E-state index in [4.69, 9.17) is 0 Å². The molecule has 5 heteroatoms. The molecule has 20 heavy (non-hydrogen) atoms. The van der Waals surface area contributed by atoms with Crippen molar-refractivity contribution in [2.75, 3.05) is 5.32 Å². The number of nitrogens with one attached hydrogen (secondary N) is 1. The molecule has 1 saturated carbocycles. The van der Waals surface area contributed by atoms with Crippen molar-refractivity contribution in [3.63, 3.8) is 0 Å². The van der Waals surface area contributed by atoms with Crippen LogP contribution in [0.15, 0.2) is 18.2 Å². The van der Waals surface area contributed by atoms with Crippen molar-refractivity contribution in [2.45, 2.75) is 45.6 Å². The molecule has 1 aliphatic carbocycles. The molecule has 1 N–H and O–H groups in total. The number of hydrogen-bond donors (Lipinski definition) is 1. The average molecular weight is 280 g/mol. The molecule has 0 bridgehead atoms. The number of benzene rings is 1. The van der Waals surface area contributed by atoms with E-state index in [9.17, 15) is 14.5 Å². The minimum atomic E-state index is -0.781. The van der Waals surface area contributed by atoms with Crippen LogP contribution in [0.4, 0.5) is 15.8 Å². The molecular weight excluding hydrogens is 259 g/mol. The van der Waals surface area contributed by atoms with Gasteiger partial charge in [-0.1, -0.05) is 26.7 Å². The molecule has 0 amide bonds. The zero-order valence-corrected chi connectivity index (χ0v) is 11.9. The highest BCUT2D eigenvalue weighted by Crippen LogP contribution is 2.32. The van der Waals surface area contributed by atoms with Crippen LogP contribution in [0.5, 0.6) is 0 Å². The molecule has 2 unspecified atom stereocenters. The lowest BCUT2D eigenvalue weighted by atomic mass is 9.79. The van der Waals surface area contributed by atoms with Crippen LogP contribution in [0.1, 0.15) is 39.5 Å². The monoisotopic (exact) mass is 280 g/mol. The Hall–Kier alpha value is -1.65. The SMILES string of the molecule is CC(C)C1CCCC(Nc2ccc([N+](=O)[O-])c(F)c2)C1. The van der Waals surface area contributed by atoms with Crippen molar-refractivity contribution >= 4 is 11.4 Å². The Kier molecular flexibility index (Phi) is 4.57. The molecular formula is C15H21FN2O2. The smallest absolute Gasteiger partial charge is 0.304 e. The lowest BCUT2D eigenvalue weighted by Gasteiger charge is -2.32. The van der Waals surface area contributed by atoms with Gasteiger partial charge in [0.15, 0.2) is 0 Å². The Labute approximate surface area is 118 Å². The molecule has 1 aromatic rings. The van der Waals surface area contributed by atoms with Crippen molar-refractivity contribution in [3.8, 4) is 0 Å². The van der Waals surface area contributed by atoms with Crippen LogP contribution < -0.4 is 5.32 Å². The Balaban J connectivity index is 2.03. The molecule has 1 aromatic carbocycles. The van der Waals surface area contributed by atoms with Gasteiger partial charge in [0.2, 0.25) is 5.82 Å². The van der Waals surface area contributed by atoms with Gasteiger partial charge < -0.3 is 5.32 Å². The molecule has 2 atom stereocenters. The van der Waals surface area contributed by atoms with Crippen molar-refractivity contribution in [1.82, 2.24) is 0 Å². The van der Waals surface area contributed by atoms with Crippen LogP contribution in [-0.2, 0) is 0 Å². The minimum absolute atomic E-state index is 0.331. The summed E-state index contributed by atoms with van der Waals surface area (Å²) >= 11 is 0. The molecule has 0 aromatic heterocycles. The normalized spacial score (nSPS) is 22.8. The van der Waals surface area contributed by atoms with Crippen LogP contribution in [-0.4, -0.2) is 11.0 Å². The maximum absolute atomic E-state index is 13.6. The second-order valence-electron chi connectivity index (χ2n) is 5.94. The van der Waals surface area contributed by atoms with Gasteiger partial charge in [0.1, 0.15) is 0 Å². The topological polar surface area (TPSA) is 55.2 Å². The number of anilines is 1. The summed E-state index contributed by atoms with van der Waals surface area (Å²) in [6.45, 7) is 4.47. The molecule has 0 heterocycles. The Bertz CT molecular complexity index is 491. The molecule has 0 aliphatic heterocycles. The molecule has 0 spiro atoms. The van der Waals surface area contributed by atoms with Crippen LogP contribution in [0.2, 0.25) is 0 Å². The summed E-state index contributed by atoms with van der Waals surface area (Å²) in [6, 6.07) is 4.36. The van der Waals surface area contributed by atoms with Gasteiger partial charge in [-0.15, -0.1) is 0 Å². The highest BCUT2D eigenvalue weighted by molar-refractivity contribution is 5.50. The fourth-order valence-electron chi connectivity index (χ4n) is 2.94. The van der Waals surface area contributed by atoms with E-state index in [0.717, 1.165) is 12.8 Å². The quantitative estimate of drug-likeness (QED) is 0.658. The number of nitro benzene ring substituents is 1. The van der Waals surface area contributed by atoms with E-state index in [0.29, 0.717) is 23.6 Å². The largest absolute Gasteiger partial charge is 0.382 e. The molecule has 1 aliphatic rings. The lowest BCUT2D eigenvalue weighted by Crippen LogP contribution is -2.29. The van der Waals surface area contributed by atoms with Crippen molar-refractivity contribution < 1.29 is 9.31 Å². The third-order valence-corrected chi connectivity index (χ3v) is 4.17. The fourth-order valence-corrected chi connectivity index (χ4v) is 2.94.